The Morgan fingerprint density at radius 1 is 1.05 bits per heavy atom. The molecule has 122 valence electrons. The number of amides is 1. The highest BCUT2D eigenvalue weighted by Gasteiger charge is 2.16. The summed E-state index contributed by atoms with van der Waals surface area (Å²) in [6.45, 7) is 6.76. The van der Waals surface area contributed by atoms with Crippen LogP contribution in [0, 0.1) is 20.8 Å². The molecule has 0 heterocycles. The minimum atomic E-state index is 0.122. The summed E-state index contributed by atoms with van der Waals surface area (Å²) in [5.41, 5.74) is 4.53. The lowest BCUT2D eigenvalue weighted by atomic mass is 9.97. The summed E-state index contributed by atoms with van der Waals surface area (Å²) in [6.07, 6.45) is 9.26. The van der Waals surface area contributed by atoms with E-state index in [0.717, 1.165) is 16.8 Å². The van der Waals surface area contributed by atoms with E-state index in [2.05, 4.69) is 43.5 Å². The fourth-order valence-corrected chi connectivity index (χ4v) is 3.56. The average molecular weight is 303 g/mol. The van der Waals surface area contributed by atoms with Crippen LogP contribution in [-0.2, 0) is 4.79 Å². The molecule has 22 heavy (non-hydrogen) atoms. The Kier molecular flexibility index (Phi) is 6.44. The van der Waals surface area contributed by atoms with Crippen molar-refractivity contribution >= 4 is 11.6 Å². The summed E-state index contributed by atoms with van der Waals surface area (Å²) in [4.78, 5) is 12.3. The molecule has 1 aromatic rings. The van der Waals surface area contributed by atoms with E-state index in [4.69, 9.17) is 0 Å². The van der Waals surface area contributed by atoms with E-state index in [1.807, 2.05) is 0 Å². The van der Waals surface area contributed by atoms with Gasteiger partial charge in [-0.25, -0.2) is 0 Å². The van der Waals surface area contributed by atoms with E-state index < -0.39 is 0 Å². The van der Waals surface area contributed by atoms with E-state index in [-0.39, 0.29) is 5.91 Å². The quantitative estimate of drug-likeness (QED) is 0.881. The van der Waals surface area contributed by atoms with Crippen LogP contribution in [0.5, 0.6) is 0 Å². The fourth-order valence-electron chi connectivity index (χ4n) is 3.56. The molecule has 1 aliphatic rings. The molecule has 0 bridgehead atoms. The molecule has 0 unspecified atom stereocenters. The molecular weight excluding hydrogens is 272 g/mol. The molecule has 1 saturated carbocycles. The second-order valence-electron chi connectivity index (χ2n) is 6.87. The van der Waals surface area contributed by atoms with Crippen molar-refractivity contribution in [2.75, 3.05) is 11.9 Å². The van der Waals surface area contributed by atoms with Gasteiger partial charge >= 0.3 is 0 Å². The van der Waals surface area contributed by atoms with Crippen molar-refractivity contribution in [2.24, 2.45) is 0 Å². The number of carbonyl (C=O) groups excluding carboxylic acids is 1. The van der Waals surface area contributed by atoms with Crippen molar-refractivity contribution in [2.45, 2.75) is 71.8 Å². The van der Waals surface area contributed by atoms with Gasteiger partial charge in [0.15, 0.2) is 6.54 Å². The van der Waals surface area contributed by atoms with Crippen molar-refractivity contribution in [1.82, 2.24) is 0 Å². The number of hydrogen-bond donors (Lipinski definition) is 2. The van der Waals surface area contributed by atoms with Crippen LogP contribution in [0.3, 0.4) is 0 Å². The molecule has 0 spiro atoms. The maximum Gasteiger partial charge on any atom is 0.279 e. The van der Waals surface area contributed by atoms with E-state index in [1.54, 1.807) is 0 Å². The van der Waals surface area contributed by atoms with Crippen molar-refractivity contribution in [3.8, 4) is 0 Å². The minimum Gasteiger partial charge on any atom is -0.336 e. The summed E-state index contributed by atoms with van der Waals surface area (Å²) >= 11 is 0. The Balaban J connectivity index is 1.85. The zero-order valence-corrected chi connectivity index (χ0v) is 14.4. The van der Waals surface area contributed by atoms with Crippen LogP contribution in [0.15, 0.2) is 12.1 Å². The molecule has 1 amide bonds. The number of aryl methyl sites for hydroxylation is 3. The lowest BCUT2D eigenvalue weighted by Crippen LogP contribution is -2.91. The third-order valence-corrected chi connectivity index (χ3v) is 4.73. The molecular formula is C19H31N2O+. The summed E-state index contributed by atoms with van der Waals surface area (Å²) in [7, 11) is 0. The summed E-state index contributed by atoms with van der Waals surface area (Å²) in [6, 6.07) is 4.88. The van der Waals surface area contributed by atoms with Crippen molar-refractivity contribution in [3.05, 3.63) is 28.8 Å². The van der Waals surface area contributed by atoms with Crippen LogP contribution >= 0.6 is 0 Å². The SMILES string of the molecule is Cc1cc(C)c(NC(=O)C[NH2+]C2CCCCCCC2)c(C)c1. The number of nitrogens with one attached hydrogen (secondary N) is 1. The maximum atomic E-state index is 12.3. The highest BCUT2D eigenvalue weighted by molar-refractivity contribution is 5.93. The van der Waals surface area contributed by atoms with Crippen LogP contribution in [0.4, 0.5) is 5.69 Å². The highest BCUT2D eigenvalue weighted by Crippen LogP contribution is 2.21. The van der Waals surface area contributed by atoms with E-state index in [1.165, 1.54) is 50.5 Å². The summed E-state index contributed by atoms with van der Waals surface area (Å²) in [5.74, 6) is 0.122. The number of carbonyl (C=O) groups is 1. The first kappa shape index (κ1) is 17.0. The first-order valence-electron chi connectivity index (χ1n) is 8.77. The molecule has 0 atom stereocenters. The smallest absolute Gasteiger partial charge is 0.279 e. The molecule has 2 rings (SSSR count). The number of rotatable bonds is 4. The van der Waals surface area contributed by atoms with E-state index in [0.29, 0.717) is 12.6 Å². The largest absolute Gasteiger partial charge is 0.336 e. The van der Waals surface area contributed by atoms with E-state index >= 15 is 0 Å². The number of benzene rings is 1. The molecule has 0 aromatic heterocycles. The molecule has 1 aromatic carbocycles. The van der Waals surface area contributed by atoms with E-state index in [9.17, 15) is 4.79 Å². The molecule has 3 N–H and O–H groups in total. The second-order valence-corrected chi connectivity index (χ2v) is 6.87. The molecule has 3 nitrogen and oxygen atoms in total. The maximum absolute atomic E-state index is 12.3. The van der Waals surface area contributed by atoms with Gasteiger partial charge in [-0.3, -0.25) is 4.79 Å². The second kappa shape index (κ2) is 8.33. The van der Waals surface area contributed by atoms with Gasteiger partial charge in [0.2, 0.25) is 0 Å². The number of hydrogen-bond acceptors (Lipinski definition) is 1. The Hall–Kier alpha value is -1.35. The Morgan fingerprint density at radius 2 is 1.59 bits per heavy atom. The third-order valence-electron chi connectivity index (χ3n) is 4.73. The standard InChI is InChI=1S/C19H30N2O/c1-14-11-15(2)19(16(3)12-14)21-18(22)13-20-17-9-7-5-4-6-8-10-17/h11-12,17,20H,4-10,13H2,1-3H3,(H,21,22)/p+1. The number of nitrogens with two attached hydrogens (primary N) is 1. The Labute approximate surface area is 134 Å². The fraction of sp³-hybridized carbons (Fsp3) is 0.632. The summed E-state index contributed by atoms with van der Waals surface area (Å²) in [5, 5.41) is 5.35. The van der Waals surface area contributed by atoms with Gasteiger partial charge in [0, 0.05) is 5.69 Å². The van der Waals surface area contributed by atoms with Gasteiger partial charge in [0.1, 0.15) is 0 Å². The van der Waals surface area contributed by atoms with Crippen LogP contribution in [0.1, 0.15) is 61.6 Å². The van der Waals surface area contributed by atoms with Gasteiger partial charge < -0.3 is 10.6 Å². The van der Waals surface area contributed by atoms with Crippen LogP contribution in [0.25, 0.3) is 0 Å². The third kappa shape index (κ3) is 5.13. The molecule has 3 heteroatoms. The predicted molar refractivity (Wildman–Crippen MR) is 92.2 cm³/mol. The minimum absolute atomic E-state index is 0.122. The van der Waals surface area contributed by atoms with Crippen LogP contribution in [0.2, 0.25) is 0 Å². The van der Waals surface area contributed by atoms with Gasteiger partial charge in [0.05, 0.1) is 6.04 Å². The van der Waals surface area contributed by atoms with Gasteiger partial charge in [-0.05, 0) is 57.6 Å². The molecule has 1 fully saturated rings. The molecule has 0 saturated heterocycles. The number of anilines is 1. The van der Waals surface area contributed by atoms with Crippen molar-refractivity contribution < 1.29 is 10.1 Å². The van der Waals surface area contributed by atoms with Gasteiger partial charge in [0.25, 0.3) is 5.91 Å². The van der Waals surface area contributed by atoms with Gasteiger partial charge in [-0.2, -0.15) is 0 Å². The topological polar surface area (TPSA) is 45.7 Å². The molecule has 0 radical (unpaired) electrons. The van der Waals surface area contributed by atoms with Gasteiger partial charge in [-0.1, -0.05) is 37.0 Å². The van der Waals surface area contributed by atoms with Crippen LogP contribution in [-0.4, -0.2) is 18.5 Å². The van der Waals surface area contributed by atoms with Crippen LogP contribution < -0.4 is 10.6 Å². The Morgan fingerprint density at radius 3 is 2.18 bits per heavy atom. The first-order chi connectivity index (χ1) is 10.6. The lowest BCUT2D eigenvalue weighted by Gasteiger charge is -2.18. The Bertz CT molecular complexity index is 479. The summed E-state index contributed by atoms with van der Waals surface area (Å²) < 4.78 is 0. The molecule has 1 aliphatic carbocycles. The highest BCUT2D eigenvalue weighted by atomic mass is 16.1. The zero-order valence-electron chi connectivity index (χ0n) is 14.4. The van der Waals surface area contributed by atoms with Crippen molar-refractivity contribution in [1.29, 1.82) is 0 Å². The first-order valence-corrected chi connectivity index (χ1v) is 8.77. The monoisotopic (exact) mass is 303 g/mol. The zero-order chi connectivity index (χ0) is 15.9. The van der Waals surface area contributed by atoms with Gasteiger partial charge in [-0.15, -0.1) is 0 Å². The predicted octanol–water partition coefficient (Wildman–Crippen LogP) is 3.23. The lowest BCUT2D eigenvalue weighted by molar-refractivity contribution is -0.680. The number of quaternary nitrogens is 1. The normalized spacial score (nSPS) is 16.9. The average Bonchev–Trinajstić information content (AvgIpc) is 2.41. The molecule has 0 aliphatic heterocycles. The van der Waals surface area contributed by atoms with Crippen molar-refractivity contribution in [3.63, 3.8) is 0 Å².